The van der Waals surface area contributed by atoms with E-state index >= 15 is 0 Å². The Bertz CT molecular complexity index is 861. The molecule has 0 aliphatic heterocycles. The van der Waals surface area contributed by atoms with Crippen LogP contribution in [0.4, 0.5) is 0 Å². The summed E-state index contributed by atoms with van der Waals surface area (Å²) in [5.74, 6) is 1.17. The summed E-state index contributed by atoms with van der Waals surface area (Å²) < 4.78 is 0. The minimum absolute atomic E-state index is 0.0908. The van der Waals surface area contributed by atoms with Gasteiger partial charge in [0.25, 0.3) is 0 Å². The Morgan fingerprint density at radius 1 is 1.24 bits per heavy atom. The second kappa shape index (κ2) is 14.7. The van der Waals surface area contributed by atoms with Crippen LogP contribution in [0.5, 0.6) is 0 Å². The number of rotatable bonds is 13. The van der Waals surface area contributed by atoms with Crippen LogP contribution in [0, 0.1) is 23.2 Å². The molecule has 0 aromatic rings. The number of allylic oxidation sites excluding steroid dienone is 12. The molecule has 1 aliphatic carbocycles. The van der Waals surface area contributed by atoms with Gasteiger partial charge < -0.3 is 11.1 Å². The third-order valence-electron chi connectivity index (χ3n) is 7.19. The van der Waals surface area contributed by atoms with Crippen molar-refractivity contribution in [3.05, 3.63) is 96.0 Å². The van der Waals surface area contributed by atoms with Gasteiger partial charge in [-0.1, -0.05) is 101 Å². The van der Waals surface area contributed by atoms with Crippen LogP contribution in [0.25, 0.3) is 0 Å². The van der Waals surface area contributed by atoms with Crippen LogP contribution >= 0.6 is 0 Å². The van der Waals surface area contributed by atoms with Crippen LogP contribution < -0.4 is 11.1 Å². The molecule has 0 radical (unpaired) electrons. The summed E-state index contributed by atoms with van der Waals surface area (Å²) in [6.45, 7) is 22.4. The van der Waals surface area contributed by atoms with Gasteiger partial charge in [0, 0.05) is 17.2 Å². The molecule has 34 heavy (non-hydrogen) atoms. The van der Waals surface area contributed by atoms with Crippen LogP contribution in [0.1, 0.15) is 74.7 Å². The Hall–Kier alpha value is -2.48. The maximum atomic E-state index is 5.60. The molecule has 1 rings (SSSR count). The van der Waals surface area contributed by atoms with Crippen molar-refractivity contribution in [3.8, 4) is 0 Å². The van der Waals surface area contributed by atoms with Gasteiger partial charge in [-0.15, -0.1) is 0 Å². The molecule has 0 spiro atoms. The molecule has 3 N–H and O–H groups in total. The highest BCUT2D eigenvalue weighted by Gasteiger charge is 2.43. The van der Waals surface area contributed by atoms with Gasteiger partial charge >= 0.3 is 0 Å². The lowest BCUT2D eigenvalue weighted by atomic mass is 9.59. The smallest absolute Gasteiger partial charge is 0.0368 e. The Kier molecular flexibility index (Phi) is 12.8. The van der Waals surface area contributed by atoms with E-state index in [1.54, 1.807) is 6.20 Å². The fourth-order valence-corrected chi connectivity index (χ4v) is 5.15. The molecular formula is C32H50N2. The molecule has 1 aliphatic rings. The molecule has 188 valence electrons. The van der Waals surface area contributed by atoms with Crippen molar-refractivity contribution in [1.82, 2.24) is 5.32 Å². The minimum atomic E-state index is -0.0908. The zero-order valence-electron chi connectivity index (χ0n) is 23.1. The van der Waals surface area contributed by atoms with Gasteiger partial charge in [0.05, 0.1) is 0 Å². The van der Waals surface area contributed by atoms with Crippen LogP contribution in [0.3, 0.4) is 0 Å². The van der Waals surface area contributed by atoms with Gasteiger partial charge in [0.1, 0.15) is 0 Å². The van der Waals surface area contributed by atoms with Gasteiger partial charge in [-0.25, -0.2) is 0 Å². The van der Waals surface area contributed by atoms with Crippen LogP contribution in [0.2, 0.25) is 0 Å². The molecule has 0 saturated heterocycles. The Balaban J connectivity index is 3.60. The monoisotopic (exact) mass is 462 g/mol. The zero-order valence-corrected chi connectivity index (χ0v) is 23.1. The second-order valence-corrected chi connectivity index (χ2v) is 9.78. The number of hydrogen-bond donors (Lipinski definition) is 2. The van der Waals surface area contributed by atoms with Crippen LogP contribution in [0.15, 0.2) is 96.0 Å². The van der Waals surface area contributed by atoms with E-state index in [-0.39, 0.29) is 11.5 Å². The topological polar surface area (TPSA) is 38.0 Å². The fraction of sp³-hybridized carbons (Fsp3) is 0.500. The highest BCUT2D eigenvalue weighted by Crippen LogP contribution is 2.48. The summed E-state index contributed by atoms with van der Waals surface area (Å²) in [5, 5.41) is 3.88. The standard InChI is InChI=1S/C32H50N2/c1-10-14-19-30(25(6)12-3)34-27(8)32(9,20-15-11-2)31-26(7)22-24(5)23-29(31)28(13-4)18-16-17-21-33/h10,14-23,26-28,31,34H,6,11-13,33H2,1-5,7-9H3/b14-10-,18-16-,20-15?,21-17-,30-19-/t26?,27-,28?,31?,32?/m0/s1. The zero-order chi connectivity index (χ0) is 25.7. The summed E-state index contributed by atoms with van der Waals surface area (Å²) >= 11 is 0. The molecule has 0 bridgehead atoms. The first-order valence-corrected chi connectivity index (χ1v) is 13.1. The minimum Gasteiger partial charge on any atom is -0.405 e. The van der Waals surface area contributed by atoms with E-state index in [1.165, 1.54) is 11.1 Å². The summed E-state index contributed by atoms with van der Waals surface area (Å²) in [7, 11) is 0. The lowest BCUT2D eigenvalue weighted by Gasteiger charge is -2.47. The van der Waals surface area contributed by atoms with Gasteiger partial charge in [-0.2, -0.15) is 0 Å². The molecule has 5 atom stereocenters. The average Bonchev–Trinajstić information content (AvgIpc) is 2.81. The predicted molar refractivity (Wildman–Crippen MR) is 153 cm³/mol. The van der Waals surface area contributed by atoms with Gasteiger partial charge in [0.2, 0.25) is 0 Å². The SMILES string of the molecule is C=C(CC)/C(=C/C=C\C)N[C@@H](C)C(C)(C=CCC)C1C(C(/C=C\C=C/N)CC)=CC(C)=CC1C. The molecule has 0 aromatic heterocycles. The van der Waals surface area contributed by atoms with Gasteiger partial charge in [-0.3, -0.25) is 0 Å². The second-order valence-electron chi connectivity index (χ2n) is 9.78. The van der Waals surface area contributed by atoms with Crippen molar-refractivity contribution in [3.63, 3.8) is 0 Å². The first kappa shape index (κ1) is 29.6. The molecule has 0 aromatic carbocycles. The Morgan fingerprint density at radius 3 is 2.50 bits per heavy atom. The van der Waals surface area contributed by atoms with E-state index in [2.05, 4.69) is 115 Å². The van der Waals surface area contributed by atoms with E-state index in [0.717, 1.165) is 30.5 Å². The molecule has 0 fully saturated rings. The largest absolute Gasteiger partial charge is 0.405 e. The van der Waals surface area contributed by atoms with E-state index < -0.39 is 0 Å². The first-order chi connectivity index (χ1) is 16.2. The van der Waals surface area contributed by atoms with E-state index in [4.69, 9.17) is 5.73 Å². The third kappa shape index (κ3) is 7.79. The lowest BCUT2D eigenvalue weighted by Crippen LogP contribution is -2.48. The maximum absolute atomic E-state index is 5.60. The highest BCUT2D eigenvalue weighted by molar-refractivity contribution is 5.38. The van der Waals surface area contributed by atoms with Gasteiger partial charge in [0.15, 0.2) is 0 Å². The van der Waals surface area contributed by atoms with E-state index in [0.29, 0.717) is 17.8 Å². The highest BCUT2D eigenvalue weighted by atomic mass is 14.9. The summed E-state index contributed by atoms with van der Waals surface area (Å²) in [5.41, 5.74) is 10.6. The predicted octanol–water partition coefficient (Wildman–Crippen LogP) is 8.56. The lowest BCUT2D eigenvalue weighted by molar-refractivity contribution is 0.178. The molecular weight excluding hydrogens is 412 g/mol. The van der Waals surface area contributed by atoms with Crippen molar-refractivity contribution >= 4 is 0 Å². The van der Waals surface area contributed by atoms with Crippen molar-refractivity contribution in [2.45, 2.75) is 80.7 Å². The summed E-state index contributed by atoms with van der Waals surface area (Å²) in [6, 6.07) is 0.211. The number of nitrogens with two attached hydrogens (primary N) is 1. The maximum Gasteiger partial charge on any atom is 0.0368 e. The van der Waals surface area contributed by atoms with Crippen molar-refractivity contribution < 1.29 is 0 Å². The summed E-state index contributed by atoms with van der Waals surface area (Å²) in [4.78, 5) is 0. The molecule has 2 nitrogen and oxygen atoms in total. The molecule has 0 heterocycles. The number of nitrogens with one attached hydrogen (secondary N) is 1. The molecule has 0 saturated carbocycles. The average molecular weight is 463 g/mol. The van der Waals surface area contributed by atoms with E-state index in [1.807, 2.05) is 13.0 Å². The molecule has 4 unspecified atom stereocenters. The summed E-state index contributed by atoms with van der Waals surface area (Å²) in [6.07, 6.45) is 26.9. The first-order valence-electron chi connectivity index (χ1n) is 13.1. The Morgan fingerprint density at radius 2 is 1.94 bits per heavy atom. The number of hydrogen-bond acceptors (Lipinski definition) is 2. The van der Waals surface area contributed by atoms with Crippen molar-refractivity contribution in [1.29, 1.82) is 0 Å². The Labute approximate surface area is 210 Å². The molecule has 2 heteroatoms. The molecule has 0 amide bonds. The van der Waals surface area contributed by atoms with Crippen LogP contribution in [-0.4, -0.2) is 6.04 Å². The van der Waals surface area contributed by atoms with E-state index in [9.17, 15) is 0 Å². The van der Waals surface area contributed by atoms with Crippen molar-refractivity contribution in [2.24, 2.45) is 28.9 Å². The fourth-order valence-electron chi connectivity index (χ4n) is 5.15. The van der Waals surface area contributed by atoms with Crippen molar-refractivity contribution in [2.75, 3.05) is 0 Å². The normalized spacial score (nSPS) is 23.4. The van der Waals surface area contributed by atoms with Crippen LogP contribution in [-0.2, 0) is 0 Å². The quantitative estimate of drug-likeness (QED) is 0.212. The third-order valence-corrected chi connectivity index (χ3v) is 7.19. The van der Waals surface area contributed by atoms with Gasteiger partial charge in [-0.05, 0) is 81.7 Å².